The van der Waals surface area contributed by atoms with Gasteiger partial charge in [0.2, 0.25) is 15.5 Å². The Balaban J connectivity index is 2.36. The Bertz CT molecular complexity index is 577. The van der Waals surface area contributed by atoms with Crippen LogP contribution in [0.2, 0.25) is 38.3 Å². The SMILES string of the molecule is C[Si]1(C)CCC[Si](C)(C)[P+]1(c1ccccc1)c1ccccc1. The Morgan fingerprint density at radius 3 is 1.36 bits per heavy atom. The third-order valence-electron chi connectivity index (χ3n) is 5.68. The molecule has 0 saturated carbocycles. The van der Waals surface area contributed by atoms with Crippen LogP contribution in [0.15, 0.2) is 60.7 Å². The first-order valence-corrected chi connectivity index (χ1v) is 18.3. The molecule has 0 unspecified atom stereocenters. The second-order valence-corrected chi connectivity index (χ2v) is 31.1. The maximum absolute atomic E-state index is 2.69. The van der Waals surface area contributed by atoms with E-state index in [0.717, 1.165) is 0 Å². The van der Waals surface area contributed by atoms with E-state index >= 15 is 0 Å². The first-order chi connectivity index (χ1) is 10.4. The van der Waals surface area contributed by atoms with Gasteiger partial charge in [-0.05, 0) is 62.5 Å². The maximum atomic E-state index is 2.69. The van der Waals surface area contributed by atoms with Gasteiger partial charge >= 0.3 is 0 Å². The molecule has 0 spiro atoms. The molecule has 0 N–H and O–H groups in total. The molecular weight excluding hydrogens is 315 g/mol. The molecule has 2 aromatic rings. The Labute approximate surface area is 138 Å². The summed E-state index contributed by atoms with van der Waals surface area (Å²) in [6.07, 6.45) is 0.249. The van der Waals surface area contributed by atoms with Crippen molar-refractivity contribution in [3.63, 3.8) is 0 Å². The van der Waals surface area contributed by atoms with E-state index in [9.17, 15) is 0 Å². The van der Waals surface area contributed by atoms with Gasteiger partial charge in [0.25, 0.3) is 0 Å². The van der Waals surface area contributed by atoms with Crippen molar-refractivity contribution < 1.29 is 0 Å². The van der Waals surface area contributed by atoms with Gasteiger partial charge in [0.15, 0.2) is 0 Å². The first-order valence-electron chi connectivity index (χ1n) is 8.42. The highest BCUT2D eigenvalue weighted by molar-refractivity contribution is 8.38. The predicted octanol–water partition coefficient (Wildman–Crippen LogP) is 5.47. The van der Waals surface area contributed by atoms with E-state index in [0.29, 0.717) is 0 Å². The van der Waals surface area contributed by atoms with Crippen LogP contribution in [0.1, 0.15) is 6.42 Å². The Morgan fingerprint density at radius 2 is 1.00 bits per heavy atom. The van der Waals surface area contributed by atoms with Crippen LogP contribution >= 0.6 is 6.36 Å². The Kier molecular flexibility index (Phi) is 4.22. The lowest BCUT2D eigenvalue weighted by Crippen LogP contribution is -2.56. The fourth-order valence-corrected chi connectivity index (χ4v) is 48.9. The van der Waals surface area contributed by atoms with Gasteiger partial charge in [-0.1, -0.05) is 42.8 Å². The van der Waals surface area contributed by atoms with Crippen LogP contribution in [0.25, 0.3) is 0 Å². The summed E-state index contributed by atoms with van der Waals surface area (Å²) in [7, 11) is -2.63. The summed E-state index contributed by atoms with van der Waals surface area (Å²) in [5, 5.41) is 3.41. The van der Waals surface area contributed by atoms with Crippen LogP contribution in [0.5, 0.6) is 0 Å². The van der Waals surface area contributed by atoms with Crippen LogP contribution in [0.3, 0.4) is 0 Å². The van der Waals surface area contributed by atoms with Gasteiger partial charge in [-0.25, -0.2) is 0 Å². The lowest BCUT2D eigenvalue weighted by molar-refractivity contribution is 1.02. The van der Waals surface area contributed by atoms with E-state index in [1.54, 1.807) is 10.6 Å². The highest BCUT2D eigenvalue weighted by atomic mass is 31.7. The van der Waals surface area contributed by atoms with Gasteiger partial charge in [0.05, 0.1) is 10.6 Å². The summed E-state index contributed by atoms with van der Waals surface area (Å²) < 4.78 is 0. The zero-order valence-corrected chi connectivity index (χ0v) is 17.2. The van der Waals surface area contributed by atoms with Crippen molar-refractivity contribution in [3.05, 3.63) is 60.7 Å². The molecule has 0 radical (unpaired) electrons. The molecule has 22 heavy (non-hydrogen) atoms. The minimum absolute atomic E-state index is 1.22. The van der Waals surface area contributed by atoms with E-state index in [1.807, 2.05) is 0 Å². The molecule has 1 aliphatic heterocycles. The molecule has 3 rings (SSSR count). The molecule has 0 bridgehead atoms. The molecule has 3 heteroatoms. The third kappa shape index (κ3) is 2.28. The van der Waals surface area contributed by atoms with E-state index in [1.165, 1.54) is 18.5 Å². The van der Waals surface area contributed by atoms with E-state index < -0.39 is 21.8 Å². The second kappa shape index (κ2) is 5.74. The zero-order valence-electron chi connectivity index (χ0n) is 14.3. The molecule has 0 nitrogen and oxygen atoms in total. The second-order valence-electron chi connectivity index (χ2n) is 7.82. The van der Waals surface area contributed by atoms with Crippen molar-refractivity contribution in [2.45, 2.75) is 44.7 Å². The molecule has 1 fully saturated rings. The van der Waals surface area contributed by atoms with Crippen LogP contribution in [-0.2, 0) is 0 Å². The molecule has 0 aliphatic carbocycles. The van der Waals surface area contributed by atoms with Crippen molar-refractivity contribution in [2.24, 2.45) is 0 Å². The summed E-state index contributed by atoms with van der Waals surface area (Å²) in [5.41, 5.74) is 0. The van der Waals surface area contributed by atoms with Crippen molar-refractivity contribution in [1.29, 1.82) is 0 Å². The fourth-order valence-electron chi connectivity index (χ4n) is 4.96. The number of hydrogen-bond acceptors (Lipinski definition) is 0. The van der Waals surface area contributed by atoms with Crippen LogP contribution in [-0.4, -0.2) is 15.5 Å². The summed E-state index contributed by atoms with van der Waals surface area (Å²) >= 11 is 0. The average molecular weight is 344 g/mol. The normalized spacial score (nSPS) is 22.2. The number of benzene rings is 2. The Morgan fingerprint density at radius 1 is 0.636 bits per heavy atom. The lowest BCUT2D eigenvalue weighted by Gasteiger charge is -2.51. The molecule has 1 aliphatic rings. The van der Waals surface area contributed by atoms with Crippen molar-refractivity contribution >= 4 is 32.4 Å². The highest BCUT2D eigenvalue weighted by Gasteiger charge is 2.68. The summed E-state index contributed by atoms with van der Waals surface area (Å²) in [6.45, 7) is 10.8. The topological polar surface area (TPSA) is 0 Å². The summed E-state index contributed by atoms with van der Waals surface area (Å²) in [5.74, 6) is 0. The van der Waals surface area contributed by atoms with Gasteiger partial charge in [-0.2, -0.15) is 0 Å². The number of hydrogen-bond donors (Lipinski definition) is 0. The van der Waals surface area contributed by atoms with E-state index in [2.05, 4.69) is 86.9 Å². The quantitative estimate of drug-likeness (QED) is 0.501. The highest BCUT2D eigenvalue weighted by Crippen LogP contribution is 2.75. The standard InChI is InChI=1S/C19H28PSi2/c1-21(2)16-11-17-22(3,4)20(21,18-12-7-5-8-13-18)19-14-9-6-10-15-19/h5-10,12-15H,11,16-17H2,1-4H3/q+1. The predicted molar refractivity (Wildman–Crippen MR) is 108 cm³/mol. The van der Waals surface area contributed by atoms with Gasteiger partial charge in [0.1, 0.15) is 0 Å². The Hall–Kier alpha value is -0.696. The van der Waals surface area contributed by atoms with Crippen LogP contribution in [0.4, 0.5) is 0 Å². The number of rotatable bonds is 2. The monoisotopic (exact) mass is 343 g/mol. The fraction of sp³-hybridized carbons (Fsp3) is 0.368. The smallest absolute Gasteiger partial charge is 0.0620 e. The van der Waals surface area contributed by atoms with Gasteiger partial charge < -0.3 is 0 Å². The zero-order chi connectivity index (χ0) is 15.8. The maximum Gasteiger partial charge on any atom is 0.222 e. The van der Waals surface area contributed by atoms with Gasteiger partial charge in [-0.3, -0.25) is 0 Å². The third-order valence-corrected chi connectivity index (χ3v) is 40.8. The van der Waals surface area contributed by atoms with E-state index in [4.69, 9.17) is 0 Å². The van der Waals surface area contributed by atoms with Crippen molar-refractivity contribution in [2.75, 3.05) is 0 Å². The molecule has 1 heterocycles. The average Bonchev–Trinajstić information content (AvgIpc) is 2.48. The van der Waals surface area contributed by atoms with E-state index in [-0.39, 0.29) is 0 Å². The van der Waals surface area contributed by atoms with Crippen molar-refractivity contribution in [1.82, 2.24) is 0 Å². The summed E-state index contributed by atoms with van der Waals surface area (Å²) in [4.78, 5) is 0. The van der Waals surface area contributed by atoms with Crippen molar-refractivity contribution in [3.8, 4) is 0 Å². The van der Waals surface area contributed by atoms with Gasteiger partial charge in [-0.15, -0.1) is 0 Å². The minimum atomic E-state index is -1.31. The molecule has 2 aromatic carbocycles. The van der Waals surface area contributed by atoms with Crippen LogP contribution < -0.4 is 10.6 Å². The molecule has 116 valence electrons. The molecule has 0 aromatic heterocycles. The molecule has 1 saturated heterocycles. The minimum Gasteiger partial charge on any atom is -0.0620 e. The van der Waals surface area contributed by atoms with Gasteiger partial charge in [0, 0.05) is 6.36 Å². The molecule has 0 atom stereocenters. The largest absolute Gasteiger partial charge is 0.222 e. The molecular formula is C19H28PSi2+. The molecule has 0 amide bonds. The van der Waals surface area contributed by atoms with Crippen LogP contribution in [0, 0.1) is 0 Å². The summed E-state index contributed by atoms with van der Waals surface area (Å²) in [6, 6.07) is 26.2. The lowest BCUT2D eigenvalue weighted by atomic mass is 10.4. The first kappa shape index (κ1) is 16.2.